The predicted molar refractivity (Wildman–Crippen MR) is 51.4 cm³/mol. The maximum atomic E-state index is 11.5. The molecule has 1 aliphatic rings. The van der Waals surface area contributed by atoms with E-state index >= 15 is 0 Å². The summed E-state index contributed by atoms with van der Waals surface area (Å²) in [5.74, 6) is 0.754. The molecule has 1 fully saturated rings. The summed E-state index contributed by atoms with van der Waals surface area (Å²) >= 11 is 0. The van der Waals surface area contributed by atoms with Gasteiger partial charge >= 0.3 is 0 Å². The molecule has 0 bridgehead atoms. The van der Waals surface area contributed by atoms with Crippen molar-refractivity contribution in [1.29, 1.82) is 0 Å². The first kappa shape index (κ1) is 10.7. The molecule has 0 aromatic carbocycles. The molecule has 1 saturated carbocycles. The second kappa shape index (κ2) is 5.35. The molecule has 2 N–H and O–H groups in total. The zero-order valence-electron chi connectivity index (χ0n) is 8.29. The highest BCUT2D eigenvalue weighted by Gasteiger charge is 2.21. The molecule has 0 saturated heterocycles. The Bertz CT molecular complexity index is 164. The molecule has 3 heteroatoms. The lowest BCUT2D eigenvalue weighted by atomic mass is 9.98. The second-order valence-electron chi connectivity index (χ2n) is 3.88. The average molecular weight is 185 g/mol. The zero-order valence-corrected chi connectivity index (χ0v) is 8.29. The third-order valence-corrected chi connectivity index (χ3v) is 2.72. The molecule has 13 heavy (non-hydrogen) atoms. The van der Waals surface area contributed by atoms with Crippen LogP contribution in [0.4, 0.5) is 0 Å². The van der Waals surface area contributed by atoms with Crippen LogP contribution in [0.15, 0.2) is 0 Å². The Morgan fingerprint density at radius 3 is 2.69 bits per heavy atom. The summed E-state index contributed by atoms with van der Waals surface area (Å²) in [6.45, 7) is 0.353. The first-order chi connectivity index (χ1) is 6.24. The molecule has 0 radical (unpaired) electrons. The Morgan fingerprint density at radius 1 is 1.54 bits per heavy atom. The maximum absolute atomic E-state index is 11.5. The van der Waals surface area contributed by atoms with Crippen LogP contribution in [-0.2, 0) is 9.53 Å². The summed E-state index contributed by atoms with van der Waals surface area (Å²) in [6.07, 6.45) is 5.61. The quantitative estimate of drug-likeness (QED) is 0.698. The molecule has 0 spiro atoms. The number of nitrogens with two attached hydrogens (primary N) is 1. The van der Waals surface area contributed by atoms with Crippen molar-refractivity contribution >= 4 is 5.78 Å². The fraction of sp³-hybridized carbons (Fsp3) is 0.900. The van der Waals surface area contributed by atoms with Crippen LogP contribution in [0.5, 0.6) is 0 Å². The minimum absolute atomic E-state index is 0.161. The lowest BCUT2D eigenvalue weighted by molar-refractivity contribution is -0.122. The van der Waals surface area contributed by atoms with Gasteiger partial charge in [0.1, 0.15) is 0 Å². The Hall–Kier alpha value is -0.410. The lowest BCUT2D eigenvalue weighted by Gasteiger charge is -2.12. The van der Waals surface area contributed by atoms with E-state index in [-0.39, 0.29) is 5.78 Å². The molecule has 0 aromatic heterocycles. The predicted octanol–water partition coefficient (Wildman–Crippen LogP) is 1.11. The Labute approximate surface area is 79.6 Å². The molecule has 0 heterocycles. The molecule has 1 aliphatic carbocycles. The van der Waals surface area contributed by atoms with Crippen LogP contribution >= 0.6 is 0 Å². The van der Waals surface area contributed by atoms with Crippen LogP contribution in [0.3, 0.4) is 0 Å². The van der Waals surface area contributed by atoms with Crippen LogP contribution < -0.4 is 5.73 Å². The third kappa shape index (κ3) is 3.44. The number of rotatable bonds is 5. The SMILES string of the molecule is COCC(N)C(=O)CC1CCCC1. The van der Waals surface area contributed by atoms with Gasteiger partial charge in [0, 0.05) is 13.5 Å². The third-order valence-electron chi connectivity index (χ3n) is 2.72. The minimum atomic E-state index is -0.411. The smallest absolute Gasteiger partial charge is 0.152 e. The molecule has 0 aliphatic heterocycles. The summed E-state index contributed by atoms with van der Waals surface area (Å²) < 4.78 is 4.84. The number of hydrogen-bond acceptors (Lipinski definition) is 3. The molecule has 0 aromatic rings. The van der Waals surface area contributed by atoms with Gasteiger partial charge in [-0.05, 0) is 5.92 Å². The topological polar surface area (TPSA) is 52.3 Å². The van der Waals surface area contributed by atoms with Gasteiger partial charge in [0.05, 0.1) is 12.6 Å². The average Bonchev–Trinajstić information content (AvgIpc) is 2.57. The zero-order chi connectivity index (χ0) is 9.68. The van der Waals surface area contributed by atoms with Crippen molar-refractivity contribution in [3.63, 3.8) is 0 Å². The number of carbonyl (C=O) groups excluding carboxylic acids is 1. The fourth-order valence-corrected chi connectivity index (χ4v) is 1.92. The van der Waals surface area contributed by atoms with E-state index in [2.05, 4.69) is 0 Å². The molecular weight excluding hydrogens is 166 g/mol. The fourth-order valence-electron chi connectivity index (χ4n) is 1.92. The number of ketones is 1. The minimum Gasteiger partial charge on any atom is -0.383 e. The summed E-state index contributed by atoms with van der Waals surface area (Å²) in [6, 6.07) is -0.411. The van der Waals surface area contributed by atoms with Gasteiger partial charge in [-0.1, -0.05) is 25.7 Å². The van der Waals surface area contributed by atoms with Gasteiger partial charge in [-0.25, -0.2) is 0 Å². The van der Waals surface area contributed by atoms with Crippen LogP contribution in [0.1, 0.15) is 32.1 Å². The lowest BCUT2D eigenvalue weighted by Crippen LogP contribution is -2.35. The summed E-state index contributed by atoms with van der Waals surface area (Å²) in [5, 5.41) is 0. The van der Waals surface area contributed by atoms with E-state index in [9.17, 15) is 4.79 Å². The molecular formula is C10H19NO2. The normalized spacial score (nSPS) is 20.5. The van der Waals surface area contributed by atoms with Crippen molar-refractivity contribution in [2.24, 2.45) is 11.7 Å². The first-order valence-corrected chi connectivity index (χ1v) is 5.01. The standard InChI is InChI=1S/C10H19NO2/c1-13-7-9(11)10(12)6-8-4-2-3-5-8/h8-9H,2-7,11H2,1H3. The van der Waals surface area contributed by atoms with Gasteiger partial charge in [0.25, 0.3) is 0 Å². The first-order valence-electron chi connectivity index (χ1n) is 5.01. The second-order valence-corrected chi connectivity index (χ2v) is 3.88. The summed E-state index contributed by atoms with van der Waals surface area (Å²) in [4.78, 5) is 11.5. The number of hydrogen-bond donors (Lipinski definition) is 1. The largest absolute Gasteiger partial charge is 0.383 e. The van der Waals surface area contributed by atoms with E-state index in [0.29, 0.717) is 18.9 Å². The van der Waals surface area contributed by atoms with Crippen LogP contribution in [0.2, 0.25) is 0 Å². The monoisotopic (exact) mass is 185 g/mol. The highest BCUT2D eigenvalue weighted by atomic mass is 16.5. The highest BCUT2D eigenvalue weighted by Crippen LogP contribution is 2.27. The van der Waals surface area contributed by atoms with E-state index in [1.165, 1.54) is 25.7 Å². The van der Waals surface area contributed by atoms with Crippen LogP contribution in [0, 0.1) is 5.92 Å². The van der Waals surface area contributed by atoms with Gasteiger partial charge in [-0.15, -0.1) is 0 Å². The molecule has 1 unspecified atom stereocenters. The van der Waals surface area contributed by atoms with E-state index in [0.717, 1.165) is 0 Å². The van der Waals surface area contributed by atoms with E-state index in [1.54, 1.807) is 7.11 Å². The molecule has 0 amide bonds. The van der Waals surface area contributed by atoms with Gasteiger partial charge < -0.3 is 10.5 Å². The summed E-state index contributed by atoms with van der Waals surface area (Å²) in [5.41, 5.74) is 5.63. The van der Waals surface area contributed by atoms with E-state index in [4.69, 9.17) is 10.5 Å². The number of ether oxygens (including phenoxy) is 1. The van der Waals surface area contributed by atoms with Crippen molar-refractivity contribution in [2.75, 3.05) is 13.7 Å². The van der Waals surface area contributed by atoms with Crippen molar-refractivity contribution in [1.82, 2.24) is 0 Å². The maximum Gasteiger partial charge on any atom is 0.152 e. The number of carbonyl (C=O) groups is 1. The summed E-state index contributed by atoms with van der Waals surface area (Å²) in [7, 11) is 1.57. The molecule has 1 atom stereocenters. The van der Waals surface area contributed by atoms with Crippen molar-refractivity contribution in [3.05, 3.63) is 0 Å². The van der Waals surface area contributed by atoms with Gasteiger partial charge in [-0.3, -0.25) is 4.79 Å². The van der Waals surface area contributed by atoms with E-state index < -0.39 is 6.04 Å². The molecule has 3 nitrogen and oxygen atoms in total. The number of methoxy groups -OCH3 is 1. The van der Waals surface area contributed by atoms with Gasteiger partial charge in [-0.2, -0.15) is 0 Å². The van der Waals surface area contributed by atoms with Crippen molar-refractivity contribution < 1.29 is 9.53 Å². The van der Waals surface area contributed by atoms with Gasteiger partial charge in [0.15, 0.2) is 5.78 Å². The molecule has 76 valence electrons. The highest BCUT2D eigenvalue weighted by molar-refractivity contribution is 5.84. The number of Topliss-reactive ketones (excluding diaryl/α,β-unsaturated/α-hetero) is 1. The van der Waals surface area contributed by atoms with Crippen LogP contribution in [-0.4, -0.2) is 25.5 Å². The molecule has 1 rings (SSSR count). The van der Waals surface area contributed by atoms with Crippen molar-refractivity contribution in [2.45, 2.75) is 38.1 Å². The Kier molecular flexibility index (Phi) is 4.39. The van der Waals surface area contributed by atoms with E-state index in [1.807, 2.05) is 0 Å². The van der Waals surface area contributed by atoms with Crippen LogP contribution in [0.25, 0.3) is 0 Å². The van der Waals surface area contributed by atoms with Gasteiger partial charge in [0.2, 0.25) is 0 Å². The Balaban J connectivity index is 2.22. The Morgan fingerprint density at radius 2 is 2.15 bits per heavy atom. The van der Waals surface area contributed by atoms with Crippen molar-refractivity contribution in [3.8, 4) is 0 Å².